The number of fused-ring (bicyclic) bond motifs is 1. The van der Waals surface area contributed by atoms with Crippen LogP contribution in [0.5, 0.6) is 0 Å². The fraction of sp³-hybridized carbons (Fsp3) is 0.129. The number of hydrogen-bond acceptors (Lipinski definition) is 3. The highest BCUT2D eigenvalue weighted by molar-refractivity contribution is 7.87. The van der Waals surface area contributed by atoms with Gasteiger partial charge in [-0.15, -0.1) is 7.75 Å². The molecule has 1 aliphatic carbocycles. The summed E-state index contributed by atoms with van der Waals surface area (Å²) in [5.41, 5.74) is 5.56. The topological polar surface area (TPSA) is 39.4 Å². The molecule has 3 nitrogen and oxygen atoms in total. The Morgan fingerprint density at radius 1 is 1.03 bits per heavy atom. The second-order valence-electron chi connectivity index (χ2n) is 9.28. The Kier molecular flexibility index (Phi) is 5.89. The van der Waals surface area contributed by atoms with E-state index < -0.39 is 7.74 Å². The van der Waals surface area contributed by atoms with Gasteiger partial charge in [0, 0.05) is 35.3 Å². The van der Waals surface area contributed by atoms with E-state index in [1.54, 1.807) is 5.20 Å². The number of hydrogen-bond donors (Lipinski definition) is 0. The molecule has 0 spiro atoms. The van der Waals surface area contributed by atoms with E-state index in [1.165, 1.54) is 29.5 Å². The number of nitrogens with zero attached hydrogens (tertiary/aromatic N) is 3. The molecule has 6 rings (SSSR count). The van der Waals surface area contributed by atoms with Crippen LogP contribution in [0.25, 0.3) is 5.70 Å². The molecule has 36 heavy (non-hydrogen) atoms. The summed E-state index contributed by atoms with van der Waals surface area (Å²) in [4.78, 5) is 7.05. The van der Waals surface area contributed by atoms with Crippen molar-refractivity contribution in [2.45, 2.75) is 19.3 Å². The van der Waals surface area contributed by atoms with E-state index in [9.17, 15) is 5.26 Å². The second kappa shape index (κ2) is 9.35. The summed E-state index contributed by atoms with van der Waals surface area (Å²) in [6.45, 7) is 0. The lowest BCUT2D eigenvalue weighted by atomic mass is 10.00. The van der Waals surface area contributed by atoms with Crippen LogP contribution in [-0.4, -0.2) is 20.3 Å². The van der Waals surface area contributed by atoms with Gasteiger partial charge in [0.25, 0.3) is 0 Å². The fourth-order valence-electron chi connectivity index (χ4n) is 5.68. The molecule has 0 saturated heterocycles. The van der Waals surface area contributed by atoms with Crippen LogP contribution in [0.4, 0.5) is 11.4 Å². The molecule has 5 heteroatoms. The highest BCUT2D eigenvalue weighted by Gasteiger charge is 2.47. The number of para-hydroxylation sites is 1. The van der Waals surface area contributed by atoms with Gasteiger partial charge in [0.15, 0.2) is 0 Å². The van der Waals surface area contributed by atoms with Crippen molar-refractivity contribution in [3.05, 3.63) is 114 Å². The number of aliphatic imine (C=N–C) groups is 1. The molecular formula is C31H26N3PSi. The average Bonchev–Trinajstić information content (AvgIpc) is 2.96. The monoisotopic (exact) mass is 499 g/mol. The highest BCUT2D eigenvalue weighted by atomic mass is 31.3. The van der Waals surface area contributed by atoms with Gasteiger partial charge >= 0.3 is 0 Å². The molecule has 2 atom stereocenters. The molecule has 0 radical (unpaired) electrons. The number of rotatable bonds is 4. The van der Waals surface area contributed by atoms with Crippen LogP contribution in [0.1, 0.15) is 24.8 Å². The lowest BCUT2D eigenvalue weighted by molar-refractivity contribution is 0.877. The van der Waals surface area contributed by atoms with Crippen LogP contribution < -0.4 is 15.3 Å². The van der Waals surface area contributed by atoms with Crippen LogP contribution in [0, 0.1) is 17.2 Å². The molecule has 3 aromatic carbocycles. The van der Waals surface area contributed by atoms with Gasteiger partial charge in [-0.25, -0.2) is 0 Å². The Balaban J connectivity index is 1.58. The van der Waals surface area contributed by atoms with Crippen LogP contribution in [0.3, 0.4) is 0 Å². The molecule has 0 aromatic heterocycles. The first-order valence-corrected chi connectivity index (χ1v) is 16.3. The zero-order valence-electron chi connectivity index (χ0n) is 20.0. The fourth-order valence-corrected chi connectivity index (χ4v) is 13.2. The number of anilines is 2. The summed E-state index contributed by atoms with van der Waals surface area (Å²) in [5.74, 6) is -0.124. The van der Waals surface area contributed by atoms with E-state index >= 15 is 0 Å². The minimum absolute atomic E-state index is 0.124. The molecule has 3 aliphatic rings. The maximum atomic E-state index is 9.44. The summed E-state index contributed by atoms with van der Waals surface area (Å²) in [6.07, 6.45) is 15.8. The first-order valence-electron chi connectivity index (χ1n) is 12.3. The smallest absolute Gasteiger partial charge is 0.202 e. The van der Waals surface area contributed by atoms with Crippen molar-refractivity contribution in [3.8, 4) is 6.07 Å². The van der Waals surface area contributed by atoms with E-state index in [1.807, 2.05) is 12.3 Å². The highest BCUT2D eigenvalue weighted by Crippen LogP contribution is 2.45. The van der Waals surface area contributed by atoms with Crippen molar-refractivity contribution in [3.63, 3.8) is 0 Å². The second-order valence-corrected chi connectivity index (χ2v) is 15.7. The third-order valence-corrected chi connectivity index (χ3v) is 15.3. The average molecular weight is 500 g/mol. The first kappa shape index (κ1) is 22.7. The third kappa shape index (κ3) is 3.55. The zero-order valence-corrected chi connectivity index (χ0v) is 21.9. The van der Waals surface area contributed by atoms with Gasteiger partial charge in [-0.1, -0.05) is 73.0 Å². The van der Waals surface area contributed by atoms with Gasteiger partial charge < -0.3 is 4.90 Å². The van der Waals surface area contributed by atoms with Gasteiger partial charge in [-0.2, -0.15) is 5.26 Å². The van der Waals surface area contributed by atoms with Crippen molar-refractivity contribution in [1.29, 1.82) is 5.26 Å². The van der Waals surface area contributed by atoms with E-state index in [-0.39, 0.29) is 5.92 Å². The lowest BCUT2D eigenvalue weighted by Gasteiger charge is -2.45. The number of nitriles is 1. The van der Waals surface area contributed by atoms with Crippen molar-refractivity contribution >= 4 is 55.5 Å². The molecule has 0 N–H and O–H groups in total. The van der Waals surface area contributed by atoms with Gasteiger partial charge in [0.05, 0.1) is 17.7 Å². The third-order valence-electron chi connectivity index (χ3n) is 7.30. The SMILES string of the molecule is C=P[Si]1(c2ccccc2)C2=C(C=CCC2)N(c2cccc(C3=CC(C#N)CC=N3)c2)c2ccccc21. The Hall–Kier alpha value is -3.77. The van der Waals surface area contributed by atoms with E-state index in [0.717, 1.165) is 29.8 Å². The molecule has 0 saturated carbocycles. The zero-order chi connectivity index (χ0) is 24.5. The molecule has 0 bridgehead atoms. The Bertz CT molecular complexity index is 1510. The predicted molar refractivity (Wildman–Crippen MR) is 156 cm³/mol. The minimum atomic E-state index is -2.27. The maximum Gasteiger partial charge on any atom is 0.202 e. The van der Waals surface area contributed by atoms with E-state index in [4.69, 9.17) is 0 Å². The number of benzene rings is 3. The molecule has 174 valence electrons. The standard InChI is InChI=1S/C31H26N3PSi/c1-35-36(26-12-3-2-4-13-26)30-16-7-5-14-28(30)34(29-15-6-8-17-31(29)36)25-11-9-10-24(21-25)27-20-23(22-32)18-19-33-27/h2-7,9-16,19-21,23H,1,8,17-18H2. The summed E-state index contributed by atoms with van der Waals surface area (Å²) in [5, 5.41) is 13.8. The van der Waals surface area contributed by atoms with Crippen molar-refractivity contribution in [1.82, 2.24) is 0 Å². The molecule has 0 amide bonds. The molecule has 2 aliphatic heterocycles. The van der Waals surface area contributed by atoms with Crippen molar-refractivity contribution in [2.75, 3.05) is 4.90 Å². The van der Waals surface area contributed by atoms with E-state index in [2.05, 4.69) is 113 Å². The predicted octanol–water partition coefficient (Wildman–Crippen LogP) is 6.37. The first-order chi connectivity index (χ1) is 17.8. The summed E-state index contributed by atoms with van der Waals surface area (Å²) < 4.78 is 0. The molecule has 0 fully saturated rings. The maximum absolute atomic E-state index is 9.44. The largest absolute Gasteiger partial charge is 0.311 e. The normalized spacial score (nSPS) is 22.6. The molecule has 2 unspecified atom stereocenters. The quantitative estimate of drug-likeness (QED) is 0.309. The Labute approximate surface area is 215 Å². The van der Waals surface area contributed by atoms with Crippen molar-refractivity contribution in [2.24, 2.45) is 10.9 Å². The van der Waals surface area contributed by atoms with E-state index in [0.29, 0.717) is 6.42 Å². The number of allylic oxidation sites excluding steroid dienone is 4. The van der Waals surface area contributed by atoms with Gasteiger partial charge in [0.1, 0.15) is 0 Å². The van der Waals surface area contributed by atoms with Crippen LogP contribution in [0.2, 0.25) is 0 Å². The molecule has 3 aromatic rings. The molecule has 2 heterocycles. The summed E-state index contributed by atoms with van der Waals surface area (Å²) >= 11 is 0. The van der Waals surface area contributed by atoms with Gasteiger partial charge in [-0.3, -0.25) is 4.99 Å². The summed E-state index contributed by atoms with van der Waals surface area (Å²) in [6, 6.07) is 30.9. The van der Waals surface area contributed by atoms with Gasteiger partial charge in [0.2, 0.25) is 7.74 Å². The molecular weight excluding hydrogens is 473 g/mol. The van der Waals surface area contributed by atoms with Crippen LogP contribution in [0.15, 0.2) is 113 Å². The Morgan fingerprint density at radius 3 is 2.69 bits per heavy atom. The van der Waals surface area contributed by atoms with Gasteiger partial charge in [-0.05, 0) is 58.8 Å². The lowest BCUT2D eigenvalue weighted by Crippen LogP contribution is -2.60. The Morgan fingerprint density at radius 2 is 1.86 bits per heavy atom. The minimum Gasteiger partial charge on any atom is -0.311 e. The van der Waals surface area contributed by atoms with Crippen LogP contribution >= 0.6 is 7.75 Å². The van der Waals surface area contributed by atoms with Crippen LogP contribution in [-0.2, 0) is 0 Å². The summed E-state index contributed by atoms with van der Waals surface area (Å²) in [7, 11) is -1.07. The van der Waals surface area contributed by atoms with Crippen molar-refractivity contribution < 1.29 is 0 Å².